The van der Waals surface area contributed by atoms with Gasteiger partial charge in [-0.25, -0.2) is 8.42 Å². The van der Waals surface area contributed by atoms with Crippen molar-refractivity contribution in [3.8, 4) is 0 Å². The number of nitrogens with zero attached hydrogens (tertiary/aromatic N) is 1. The van der Waals surface area contributed by atoms with E-state index in [4.69, 9.17) is 4.42 Å². The van der Waals surface area contributed by atoms with Gasteiger partial charge in [-0.2, -0.15) is 0 Å². The van der Waals surface area contributed by atoms with E-state index in [9.17, 15) is 18.0 Å². The molecule has 1 heterocycles. The van der Waals surface area contributed by atoms with E-state index >= 15 is 0 Å². The quantitative estimate of drug-likeness (QED) is 0.804. The fraction of sp³-hybridized carbons (Fsp3) is 0.231. The van der Waals surface area contributed by atoms with Crippen LogP contribution in [-0.4, -0.2) is 41.0 Å². The van der Waals surface area contributed by atoms with Crippen molar-refractivity contribution in [2.24, 2.45) is 0 Å². The molecule has 118 valence electrons. The first kappa shape index (κ1) is 16.5. The highest BCUT2D eigenvalue weighted by Crippen LogP contribution is 2.35. The Bertz CT molecular complexity index is 872. The average Bonchev–Trinajstić information content (AvgIpc) is 2.81. The van der Waals surface area contributed by atoms with Crippen LogP contribution in [0.2, 0.25) is 0 Å². The van der Waals surface area contributed by atoms with Gasteiger partial charge in [0.1, 0.15) is 5.58 Å². The van der Waals surface area contributed by atoms with Gasteiger partial charge in [-0.1, -0.05) is 0 Å². The number of anilines is 1. The molecule has 0 unspecified atom stereocenters. The first-order valence-corrected chi connectivity index (χ1v) is 8.72. The number of amides is 1. The van der Waals surface area contributed by atoms with Crippen molar-refractivity contribution in [3.05, 3.63) is 27.9 Å². The number of sulfonamides is 1. The largest absolute Gasteiger partial charge is 0.452 e. The number of halogens is 1. The second kappa shape index (κ2) is 5.73. The lowest BCUT2D eigenvalue weighted by Gasteiger charge is -2.18. The molecule has 1 amide bonds. The molecule has 1 N–H and O–H groups in total. The molecule has 2 aromatic rings. The van der Waals surface area contributed by atoms with Crippen LogP contribution in [0.25, 0.3) is 11.0 Å². The van der Waals surface area contributed by atoms with E-state index < -0.39 is 15.9 Å². The smallest absolute Gasteiger partial charge is 0.255 e. The van der Waals surface area contributed by atoms with Crippen molar-refractivity contribution in [1.29, 1.82) is 0 Å². The summed E-state index contributed by atoms with van der Waals surface area (Å²) in [5, 5.41) is 2.85. The van der Waals surface area contributed by atoms with Crippen LogP contribution < -0.4 is 9.62 Å². The van der Waals surface area contributed by atoms with Crippen molar-refractivity contribution in [3.63, 3.8) is 0 Å². The van der Waals surface area contributed by atoms with Gasteiger partial charge < -0.3 is 9.73 Å². The Morgan fingerprint density at radius 1 is 1.41 bits per heavy atom. The van der Waals surface area contributed by atoms with Crippen molar-refractivity contribution in [1.82, 2.24) is 5.32 Å². The van der Waals surface area contributed by atoms with Gasteiger partial charge in [-0.3, -0.25) is 13.9 Å². The van der Waals surface area contributed by atoms with Crippen molar-refractivity contribution < 1.29 is 22.4 Å². The number of hydrogen-bond acceptors (Lipinski definition) is 5. The predicted octanol–water partition coefficient (Wildman–Crippen LogP) is 1.76. The maximum Gasteiger partial charge on any atom is 0.255 e. The minimum absolute atomic E-state index is 0.111. The average molecular weight is 389 g/mol. The molecule has 0 atom stereocenters. The highest BCUT2D eigenvalue weighted by atomic mass is 79.9. The van der Waals surface area contributed by atoms with Gasteiger partial charge in [0.15, 0.2) is 12.0 Å². The highest BCUT2D eigenvalue weighted by molar-refractivity contribution is 9.10. The molecule has 9 heteroatoms. The van der Waals surface area contributed by atoms with E-state index in [2.05, 4.69) is 21.2 Å². The number of rotatable bonds is 4. The lowest BCUT2D eigenvalue weighted by Crippen LogP contribution is -2.25. The first-order chi connectivity index (χ1) is 10.2. The second-order valence-corrected chi connectivity index (χ2v) is 7.44. The van der Waals surface area contributed by atoms with Crippen molar-refractivity contribution >= 4 is 54.8 Å². The van der Waals surface area contributed by atoms with Crippen LogP contribution >= 0.6 is 15.9 Å². The molecule has 2 rings (SSSR count). The molecular formula is C13H13BrN2O5S. The predicted molar refractivity (Wildman–Crippen MR) is 85.9 cm³/mol. The molecule has 0 aliphatic rings. The zero-order valence-electron chi connectivity index (χ0n) is 12.0. The Labute approximate surface area is 135 Å². The van der Waals surface area contributed by atoms with Gasteiger partial charge >= 0.3 is 0 Å². The van der Waals surface area contributed by atoms with Crippen LogP contribution in [-0.2, 0) is 10.0 Å². The second-order valence-electron chi connectivity index (χ2n) is 4.57. The maximum absolute atomic E-state index is 11.9. The molecule has 1 aromatic heterocycles. The molecule has 0 spiro atoms. The van der Waals surface area contributed by atoms with Crippen LogP contribution in [0, 0.1) is 0 Å². The van der Waals surface area contributed by atoms with Crippen LogP contribution in [0.15, 0.2) is 21.0 Å². The van der Waals surface area contributed by atoms with Gasteiger partial charge in [0.25, 0.3) is 5.91 Å². The number of nitrogens with one attached hydrogen (secondary N) is 1. The molecule has 0 radical (unpaired) electrons. The van der Waals surface area contributed by atoms with E-state index in [0.29, 0.717) is 21.8 Å². The zero-order valence-corrected chi connectivity index (χ0v) is 14.4. The Balaban J connectivity index is 2.77. The summed E-state index contributed by atoms with van der Waals surface area (Å²) in [6, 6.07) is 3.01. The summed E-state index contributed by atoms with van der Waals surface area (Å²) in [6.07, 6.45) is 1.51. The zero-order chi connectivity index (χ0) is 16.7. The summed E-state index contributed by atoms with van der Waals surface area (Å²) >= 11 is 3.28. The summed E-state index contributed by atoms with van der Waals surface area (Å²) < 4.78 is 30.2. The number of benzene rings is 1. The third kappa shape index (κ3) is 2.73. The number of furan rings is 1. The van der Waals surface area contributed by atoms with Crippen LogP contribution in [0.1, 0.15) is 20.9 Å². The molecular weight excluding hydrogens is 376 g/mol. The molecule has 0 aliphatic heterocycles. The Morgan fingerprint density at radius 3 is 2.55 bits per heavy atom. The topological polar surface area (TPSA) is 96.7 Å². The summed E-state index contributed by atoms with van der Waals surface area (Å²) in [4.78, 5) is 23.0. The fourth-order valence-corrected chi connectivity index (χ4v) is 3.22. The Morgan fingerprint density at radius 2 is 2.05 bits per heavy atom. The molecule has 0 aliphatic carbocycles. The van der Waals surface area contributed by atoms with E-state index in [-0.39, 0.29) is 16.9 Å². The monoisotopic (exact) mass is 388 g/mol. The minimum Gasteiger partial charge on any atom is -0.452 e. The van der Waals surface area contributed by atoms with Crippen LogP contribution in [0.4, 0.5) is 5.69 Å². The third-order valence-electron chi connectivity index (χ3n) is 3.18. The number of carbonyl (C=O) groups is 2. The molecule has 0 saturated heterocycles. The van der Waals surface area contributed by atoms with E-state index in [0.717, 1.165) is 10.6 Å². The van der Waals surface area contributed by atoms with Crippen molar-refractivity contribution in [2.75, 3.05) is 24.7 Å². The summed E-state index contributed by atoms with van der Waals surface area (Å²) in [6.45, 7) is 0. The van der Waals surface area contributed by atoms with Gasteiger partial charge in [0, 0.05) is 30.0 Å². The van der Waals surface area contributed by atoms with E-state index in [1.165, 1.54) is 20.2 Å². The van der Waals surface area contributed by atoms with Gasteiger partial charge in [-0.15, -0.1) is 0 Å². The van der Waals surface area contributed by atoms with Gasteiger partial charge in [0.2, 0.25) is 10.0 Å². The standard InChI is InChI=1S/C13H13BrN2O5S/c1-15-13(18)12-7-4-8(14)9(16(2)22(3,19)20)5-10(7)21-11(12)6-17/h4-6H,1-3H3,(H,15,18). The first-order valence-electron chi connectivity index (χ1n) is 6.08. The lowest BCUT2D eigenvalue weighted by molar-refractivity contribution is 0.0955. The highest BCUT2D eigenvalue weighted by Gasteiger charge is 2.23. The minimum atomic E-state index is -3.46. The molecule has 1 aromatic carbocycles. The normalized spacial score (nSPS) is 11.5. The summed E-state index contributed by atoms with van der Waals surface area (Å²) in [7, 11) is -0.630. The molecule has 0 bridgehead atoms. The molecule has 0 fully saturated rings. The Hall–Kier alpha value is -1.87. The maximum atomic E-state index is 11.9. The number of aldehydes is 1. The lowest BCUT2D eigenvalue weighted by atomic mass is 10.1. The number of fused-ring (bicyclic) bond motifs is 1. The fourth-order valence-electron chi connectivity index (χ4n) is 1.99. The van der Waals surface area contributed by atoms with Gasteiger partial charge in [0.05, 0.1) is 17.5 Å². The van der Waals surface area contributed by atoms with Crippen LogP contribution in [0.3, 0.4) is 0 Å². The molecule has 0 saturated carbocycles. The van der Waals surface area contributed by atoms with E-state index in [1.54, 1.807) is 6.07 Å². The third-order valence-corrected chi connectivity index (χ3v) is 5.01. The number of carbonyl (C=O) groups excluding carboxylic acids is 2. The summed E-state index contributed by atoms with van der Waals surface area (Å²) in [5.41, 5.74) is 0.695. The Kier molecular flexibility index (Phi) is 4.30. The molecule has 7 nitrogen and oxygen atoms in total. The van der Waals surface area contributed by atoms with E-state index in [1.807, 2.05) is 0 Å². The van der Waals surface area contributed by atoms with Crippen LogP contribution in [0.5, 0.6) is 0 Å². The van der Waals surface area contributed by atoms with Gasteiger partial charge in [-0.05, 0) is 22.0 Å². The summed E-state index contributed by atoms with van der Waals surface area (Å²) in [5.74, 6) is -0.572. The SMILES string of the molecule is CNC(=O)c1c(C=O)oc2cc(N(C)S(C)(=O)=O)c(Br)cc12. The van der Waals surface area contributed by atoms with Crippen molar-refractivity contribution in [2.45, 2.75) is 0 Å². The number of hydrogen-bond donors (Lipinski definition) is 1. The molecule has 22 heavy (non-hydrogen) atoms.